The highest BCUT2D eigenvalue weighted by molar-refractivity contribution is 7.47. The molecule has 8 nitrogen and oxygen atoms in total. The van der Waals surface area contributed by atoms with Gasteiger partial charge in [-0.25, -0.2) is 4.57 Å². The molecule has 0 aliphatic heterocycles. The second-order valence-corrected chi connectivity index (χ2v) is 25.7. The molecular weight excluding hydrogens is 936 g/mol. The minimum atomic E-state index is -4.35. The van der Waals surface area contributed by atoms with Crippen LogP contribution in [0.1, 0.15) is 348 Å². The van der Waals surface area contributed by atoms with E-state index in [2.05, 4.69) is 19.2 Å². The second-order valence-electron chi connectivity index (χ2n) is 24.2. The van der Waals surface area contributed by atoms with Gasteiger partial charge in [-0.05, 0) is 19.3 Å². The summed E-state index contributed by atoms with van der Waals surface area (Å²) in [6, 6.07) is -0.843. The number of aliphatic hydroxyl groups excluding tert-OH is 1. The summed E-state index contributed by atoms with van der Waals surface area (Å²) in [6.07, 6.45) is 72.0. The normalized spacial score (nSPS) is 13.8. The van der Waals surface area contributed by atoms with E-state index in [0.717, 1.165) is 32.1 Å². The molecule has 0 saturated carbocycles. The molecule has 3 N–H and O–H groups in total. The highest BCUT2D eigenvalue weighted by Gasteiger charge is 2.28. The van der Waals surface area contributed by atoms with E-state index in [9.17, 15) is 19.4 Å². The van der Waals surface area contributed by atoms with Gasteiger partial charge < -0.3 is 19.8 Å². The lowest BCUT2D eigenvalue weighted by molar-refractivity contribution is -0.870. The van der Waals surface area contributed by atoms with Gasteiger partial charge in [0, 0.05) is 6.42 Å². The molecule has 0 aliphatic carbocycles. The van der Waals surface area contributed by atoms with Gasteiger partial charge in [0.15, 0.2) is 0 Å². The van der Waals surface area contributed by atoms with Crippen LogP contribution in [-0.2, 0) is 18.4 Å². The molecule has 74 heavy (non-hydrogen) atoms. The number of quaternary nitrogens is 1. The highest BCUT2D eigenvalue weighted by Crippen LogP contribution is 2.43. The Morgan fingerprint density at radius 1 is 0.446 bits per heavy atom. The Balaban J connectivity index is 4.08. The third-order valence-electron chi connectivity index (χ3n) is 15.5. The van der Waals surface area contributed by atoms with Gasteiger partial charge >= 0.3 is 7.82 Å². The molecule has 0 aromatic carbocycles. The highest BCUT2D eigenvalue weighted by atomic mass is 31.2. The van der Waals surface area contributed by atoms with Gasteiger partial charge in [-0.2, -0.15) is 0 Å². The molecule has 9 heteroatoms. The van der Waals surface area contributed by atoms with E-state index in [1.165, 1.54) is 295 Å². The van der Waals surface area contributed by atoms with Crippen LogP contribution in [0.5, 0.6) is 0 Å². The first kappa shape index (κ1) is 73.2. The molecule has 0 bridgehead atoms. The van der Waals surface area contributed by atoms with Crippen LogP contribution >= 0.6 is 7.82 Å². The number of rotatable bonds is 62. The van der Waals surface area contributed by atoms with Crippen LogP contribution in [0.15, 0.2) is 12.2 Å². The van der Waals surface area contributed by atoms with E-state index >= 15 is 0 Å². The third-order valence-corrected chi connectivity index (χ3v) is 16.5. The number of aliphatic hydroxyl groups is 1. The fourth-order valence-electron chi connectivity index (χ4n) is 10.3. The molecule has 0 spiro atoms. The molecule has 442 valence electrons. The summed E-state index contributed by atoms with van der Waals surface area (Å²) in [5.74, 6) is -0.167. The molecule has 0 radical (unpaired) electrons. The number of hydrogen-bond donors (Lipinski definition) is 3. The monoisotopic (exact) mass is 1070 g/mol. The molecule has 1 amide bonds. The smallest absolute Gasteiger partial charge is 0.387 e. The predicted molar refractivity (Wildman–Crippen MR) is 323 cm³/mol. The summed E-state index contributed by atoms with van der Waals surface area (Å²) in [6.45, 7) is 4.89. The third kappa shape index (κ3) is 58.9. The Morgan fingerprint density at radius 2 is 0.716 bits per heavy atom. The first-order valence-electron chi connectivity index (χ1n) is 33.1. The zero-order chi connectivity index (χ0) is 54.2. The molecule has 0 rings (SSSR count). The number of phosphoric acid groups is 1. The van der Waals surface area contributed by atoms with Gasteiger partial charge in [-0.15, -0.1) is 0 Å². The first-order valence-corrected chi connectivity index (χ1v) is 34.6. The van der Waals surface area contributed by atoms with Crippen LogP contribution in [0, 0.1) is 0 Å². The predicted octanol–water partition coefficient (Wildman–Crippen LogP) is 20.6. The SMILES string of the molecule is CCCCCCCCCCCCCCCCCCCCCCCCC/C=C/C(O)C(COP(=O)(O)OCC[N+](C)(C)C)NC(=O)CCCCCCCCCCCCCCCCCCCCCCCCCCCCC. The van der Waals surface area contributed by atoms with Gasteiger partial charge in [-0.3, -0.25) is 13.8 Å². The maximum atomic E-state index is 13.0. The van der Waals surface area contributed by atoms with Crippen LogP contribution in [0.3, 0.4) is 0 Å². The van der Waals surface area contributed by atoms with Crippen LogP contribution in [-0.4, -0.2) is 73.4 Å². The quantitative estimate of drug-likeness (QED) is 0.0243. The summed E-state index contributed by atoms with van der Waals surface area (Å²) in [7, 11) is 1.59. The van der Waals surface area contributed by atoms with E-state index in [0.29, 0.717) is 17.4 Å². The van der Waals surface area contributed by atoms with Crippen LogP contribution < -0.4 is 5.32 Å². The molecule has 0 aromatic rings. The zero-order valence-electron chi connectivity index (χ0n) is 50.6. The lowest BCUT2D eigenvalue weighted by atomic mass is 10.0. The fourth-order valence-corrected chi connectivity index (χ4v) is 11.1. The number of likely N-dealkylation sites (N-methyl/N-ethyl adjacent to an activating group) is 1. The van der Waals surface area contributed by atoms with Crippen LogP contribution in [0.2, 0.25) is 0 Å². The molecule has 0 aromatic heterocycles. The summed E-state index contributed by atoms with van der Waals surface area (Å²) in [5, 5.41) is 14.0. The average molecular weight is 1070 g/mol. The van der Waals surface area contributed by atoms with Crippen molar-refractivity contribution in [2.45, 2.75) is 360 Å². The number of carbonyl (C=O) groups is 1. The Morgan fingerprint density at radius 3 is 1.00 bits per heavy atom. The number of hydrogen-bond acceptors (Lipinski definition) is 5. The number of nitrogens with one attached hydrogen (secondary N) is 1. The van der Waals surface area contributed by atoms with E-state index in [1.807, 2.05) is 27.2 Å². The van der Waals surface area contributed by atoms with Gasteiger partial charge in [0.1, 0.15) is 13.2 Å². The van der Waals surface area contributed by atoms with Crippen molar-refractivity contribution in [3.63, 3.8) is 0 Å². The number of allylic oxidation sites excluding steroid dienone is 1. The first-order chi connectivity index (χ1) is 36.0. The number of phosphoric ester groups is 1. The Bertz CT molecular complexity index is 1210. The van der Waals surface area contributed by atoms with Gasteiger partial charge in [0.25, 0.3) is 0 Å². The van der Waals surface area contributed by atoms with Crippen molar-refractivity contribution in [3.05, 3.63) is 12.2 Å². The number of nitrogens with zero attached hydrogens (tertiary/aromatic N) is 1. The maximum Gasteiger partial charge on any atom is 0.472 e. The van der Waals surface area contributed by atoms with E-state index < -0.39 is 20.0 Å². The Labute approximate surface area is 462 Å². The van der Waals surface area contributed by atoms with Crippen molar-refractivity contribution in [1.29, 1.82) is 0 Å². The number of carbonyl (C=O) groups excluding carboxylic acids is 1. The van der Waals surface area contributed by atoms with Crippen molar-refractivity contribution >= 4 is 13.7 Å². The second kappa shape index (κ2) is 56.9. The summed E-state index contributed by atoms with van der Waals surface area (Å²) >= 11 is 0. The van der Waals surface area contributed by atoms with E-state index in [-0.39, 0.29) is 19.1 Å². The molecule has 3 atom stereocenters. The summed E-state index contributed by atoms with van der Waals surface area (Å²) < 4.78 is 23.8. The standard InChI is InChI=1S/C65H131N2O6P/c1-6-8-10-12-14-16-18-20-22-24-26-28-30-32-33-35-37-39-41-43-45-47-49-51-53-55-57-59-65(69)66-63(62-73-74(70,71)72-61-60-67(3,4)5)64(68)58-56-54-52-50-48-46-44-42-40-38-36-34-31-29-27-25-23-21-19-17-15-13-11-9-7-2/h56,58,63-64,68H,6-55,57,59-62H2,1-5H3,(H-,66,69,70,71)/p+1/b58-56+. The lowest BCUT2D eigenvalue weighted by Crippen LogP contribution is -2.45. The molecule has 0 heterocycles. The average Bonchev–Trinajstić information content (AvgIpc) is 3.36. The van der Waals surface area contributed by atoms with Crippen LogP contribution in [0.4, 0.5) is 0 Å². The Kier molecular flexibility index (Phi) is 56.4. The van der Waals surface area contributed by atoms with Gasteiger partial charge in [0.05, 0.1) is 39.9 Å². The van der Waals surface area contributed by atoms with E-state index in [1.54, 1.807) is 6.08 Å². The topological polar surface area (TPSA) is 105 Å². The minimum Gasteiger partial charge on any atom is -0.387 e. The van der Waals surface area contributed by atoms with Crippen molar-refractivity contribution in [1.82, 2.24) is 5.32 Å². The maximum absolute atomic E-state index is 13.0. The molecule has 3 unspecified atom stereocenters. The van der Waals surface area contributed by atoms with Gasteiger partial charge in [0.2, 0.25) is 5.91 Å². The summed E-state index contributed by atoms with van der Waals surface area (Å²) in [5.41, 5.74) is 0. The molecule has 0 saturated heterocycles. The lowest BCUT2D eigenvalue weighted by Gasteiger charge is -2.25. The largest absolute Gasteiger partial charge is 0.472 e. The van der Waals surface area contributed by atoms with Crippen molar-refractivity contribution in [2.75, 3.05) is 40.9 Å². The summed E-state index contributed by atoms with van der Waals surface area (Å²) in [4.78, 5) is 23.4. The van der Waals surface area contributed by atoms with Gasteiger partial charge in [-0.1, -0.05) is 334 Å². The molecule has 0 fully saturated rings. The fraction of sp³-hybridized carbons (Fsp3) is 0.954. The number of amides is 1. The zero-order valence-corrected chi connectivity index (χ0v) is 51.5. The Hall–Kier alpha value is -0.760. The van der Waals surface area contributed by atoms with E-state index in [4.69, 9.17) is 9.05 Å². The van der Waals surface area contributed by atoms with Crippen LogP contribution in [0.25, 0.3) is 0 Å². The van der Waals surface area contributed by atoms with Crippen molar-refractivity contribution in [3.8, 4) is 0 Å². The molecule has 0 aliphatic rings. The molecular formula is C65H132N2O6P+. The minimum absolute atomic E-state index is 0.0654. The van der Waals surface area contributed by atoms with Crippen molar-refractivity contribution in [2.24, 2.45) is 0 Å². The number of unbranched alkanes of at least 4 members (excludes halogenated alkanes) is 49. The van der Waals surface area contributed by atoms with Crippen molar-refractivity contribution < 1.29 is 32.9 Å².